The van der Waals surface area contributed by atoms with Gasteiger partial charge < -0.3 is 10.0 Å². The van der Waals surface area contributed by atoms with Gasteiger partial charge in [-0.2, -0.15) is 0 Å². The van der Waals surface area contributed by atoms with Crippen molar-refractivity contribution >= 4 is 5.91 Å². The summed E-state index contributed by atoms with van der Waals surface area (Å²) in [7, 11) is 0. The highest BCUT2D eigenvalue weighted by atomic mass is 16.3. The van der Waals surface area contributed by atoms with Crippen LogP contribution in [0.5, 0.6) is 0 Å². The molecule has 26 heavy (non-hydrogen) atoms. The average Bonchev–Trinajstić information content (AvgIpc) is 3.04. The Morgan fingerprint density at radius 3 is 2.62 bits per heavy atom. The van der Waals surface area contributed by atoms with E-state index in [4.69, 9.17) is 0 Å². The molecule has 1 N–H and O–H groups in total. The SMILES string of the molecule is CC(C)CC1(CO)CCCN1Cc1cccc(C(=O)N2CCCCC2)c1. The lowest BCUT2D eigenvalue weighted by Gasteiger charge is -2.38. The fraction of sp³-hybridized carbons (Fsp3) is 0.682. The number of carbonyl (C=O) groups is 1. The zero-order chi connectivity index (χ0) is 18.6. The van der Waals surface area contributed by atoms with E-state index in [-0.39, 0.29) is 18.1 Å². The molecule has 2 aliphatic rings. The minimum absolute atomic E-state index is 0.0962. The van der Waals surface area contributed by atoms with Crippen molar-refractivity contribution in [2.45, 2.75) is 64.5 Å². The van der Waals surface area contributed by atoms with Crippen molar-refractivity contribution in [3.63, 3.8) is 0 Å². The monoisotopic (exact) mass is 358 g/mol. The van der Waals surface area contributed by atoms with Gasteiger partial charge in [0.25, 0.3) is 5.91 Å². The summed E-state index contributed by atoms with van der Waals surface area (Å²) in [5.74, 6) is 0.735. The predicted octanol–water partition coefficient (Wildman–Crippen LogP) is 3.69. The van der Waals surface area contributed by atoms with E-state index in [1.54, 1.807) is 0 Å². The summed E-state index contributed by atoms with van der Waals surface area (Å²) >= 11 is 0. The van der Waals surface area contributed by atoms with E-state index in [1.165, 1.54) is 12.0 Å². The Morgan fingerprint density at radius 1 is 1.15 bits per heavy atom. The first-order chi connectivity index (χ1) is 12.5. The van der Waals surface area contributed by atoms with Crippen LogP contribution in [-0.2, 0) is 6.54 Å². The molecule has 1 amide bonds. The first-order valence-electron chi connectivity index (χ1n) is 10.3. The van der Waals surface area contributed by atoms with Gasteiger partial charge in [-0.05, 0) is 68.7 Å². The van der Waals surface area contributed by atoms with Crippen molar-refractivity contribution in [3.05, 3.63) is 35.4 Å². The summed E-state index contributed by atoms with van der Waals surface area (Å²) in [6, 6.07) is 8.12. The van der Waals surface area contributed by atoms with Crippen molar-refractivity contribution in [1.29, 1.82) is 0 Å². The Bertz CT molecular complexity index is 610. The molecular weight excluding hydrogens is 324 g/mol. The fourth-order valence-electron chi connectivity index (χ4n) is 4.78. The Balaban J connectivity index is 1.72. The second kappa shape index (κ2) is 8.53. The van der Waals surface area contributed by atoms with Gasteiger partial charge in [-0.3, -0.25) is 9.69 Å². The third-order valence-electron chi connectivity index (χ3n) is 6.01. The van der Waals surface area contributed by atoms with Crippen LogP contribution in [0.15, 0.2) is 24.3 Å². The van der Waals surface area contributed by atoms with Crippen LogP contribution in [0, 0.1) is 5.92 Å². The topological polar surface area (TPSA) is 43.8 Å². The van der Waals surface area contributed by atoms with Crippen molar-refractivity contribution in [2.75, 3.05) is 26.2 Å². The molecule has 2 fully saturated rings. The summed E-state index contributed by atoms with van der Waals surface area (Å²) < 4.78 is 0. The number of hydrogen-bond donors (Lipinski definition) is 1. The Morgan fingerprint density at radius 2 is 1.92 bits per heavy atom. The first kappa shape index (κ1) is 19.4. The number of hydrogen-bond acceptors (Lipinski definition) is 3. The molecule has 4 nitrogen and oxygen atoms in total. The standard InChI is InChI=1S/C22H34N2O2/c1-18(2)15-22(17-25)10-7-13-24(22)16-19-8-6-9-20(14-19)21(26)23-11-4-3-5-12-23/h6,8-9,14,18,25H,3-5,7,10-13,15-17H2,1-2H3. The summed E-state index contributed by atoms with van der Waals surface area (Å²) in [6.45, 7) is 8.29. The highest BCUT2D eigenvalue weighted by molar-refractivity contribution is 5.94. The van der Waals surface area contributed by atoms with Crippen LogP contribution in [0.1, 0.15) is 68.3 Å². The molecule has 4 heteroatoms. The van der Waals surface area contributed by atoms with Gasteiger partial charge in [0, 0.05) is 30.7 Å². The van der Waals surface area contributed by atoms with Crippen molar-refractivity contribution in [2.24, 2.45) is 5.92 Å². The summed E-state index contributed by atoms with van der Waals surface area (Å²) in [6.07, 6.45) is 6.70. The largest absolute Gasteiger partial charge is 0.394 e. The molecule has 144 valence electrons. The highest BCUT2D eigenvalue weighted by Crippen LogP contribution is 2.36. The second-order valence-electron chi connectivity index (χ2n) is 8.56. The zero-order valence-corrected chi connectivity index (χ0v) is 16.4. The summed E-state index contributed by atoms with van der Waals surface area (Å²) in [5, 5.41) is 10.1. The number of rotatable bonds is 6. The quantitative estimate of drug-likeness (QED) is 0.843. The summed E-state index contributed by atoms with van der Waals surface area (Å²) in [4.78, 5) is 17.2. The van der Waals surface area contributed by atoms with Gasteiger partial charge in [0.15, 0.2) is 0 Å². The van der Waals surface area contributed by atoms with Gasteiger partial charge >= 0.3 is 0 Å². The fourth-order valence-corrected chi connectivity index (χ4v) is 4.78. The Kier molecular flexibility index (Phi) is 6.36. The molecule has 3 rings (SSSR count). The van der Waals surface area contributed by atoms with Crippen molar-refractivity contribution in [3.8, 4) is 0 Å². The van der Waals surface area contributed by atoms with Crippen LogP contribution in [0.3, 0.4) is 0 Å². The van der Waals surface area contributed by atoms with Crippen LogP contribution in [0.2, 0.25) is 0 Å². The molecule has 2 heterocycles. The minimum Gasteiger partial charge on any atom is -0.394 e. The maximum Gasteiger partial charge on any atom is 0.253 e. The zero-order valence-electron chi connectivity index (χ0n) is 16.4. The molecule has 0 aliphatic carbocycles. The number of likely N-dealkylation sites (tertiary alicyclic amines) is 2. The third kappa shape index (κ3) is 4.29. The van der Waals surface area contributed by atoms with E-state index in [0.29, 0.717) is 5.92 Å². The maximum atomic E-state index is 12.8. The molecule has 1 aromatic rings. The number of aliphatic hydroxyl groups excluding tert-OH is 1. The molecule has 1 aromatic carbocycles. The van der Waals surface area contributed by atoms with Gasteiger partial charge in [0.2, 0.25) is 0 Å². The second-order valence-corrected chi connectivity index (χ2v) is 8.56. The van der Waals surface area contributed by atoms with E-state index in [2.05, 4.69) is 30.9 Å². The van der Waals surface area contributed by atoms with Gasteiger partial charge in [-0.15, -0.1) is 0 Å². The minimum atomic E-state index is -0.0962. The lowest BCUT2D eigenvalue weighted by atomic mass is 9.87. The van der Waals surface area contributed by atoms with E-state index in [0.717, 1.165) is 63.8 Å². The van der Waals surface area contributed by atoms with E-state index in [1.807, 2.05) is 17.0 Å². The van der Waals surface area contributed by atoms with Crippen LogP contribution < -0.4 is 0 Å². The Hall–Kier alpha value is -1.39. The summed E-state index contributed by atoms with van der Waals surface area (Å²) in [5.41, 5.74) is 1.89. The number of piperidine rings is 1. The van der Waals surface area contributed by atoms with E-state index in [9.17, 15) is 9.90 Å². The van der Waals surface area contributed by atoms with Gasteiger partial charge in [-0.25, -0.2) is 0 Å². The lowest BCUT2D eigenvalue weighted by Crippen LogP contribution is -2.47. The molecule has 0 saturated carbocycles. The molecule has 0 bridgehead atoms. The normalized spacial score (nSPS) is 24.4. The van der Waals surface area contributed by atoms with Crippen LogP contribution in [-0.4, -0.2) is 52.6 Å². The van der Waals surface area contributed by atoms with Crippen LogP contribution in [0.25, 0.3) is 0 Å². The van der Waals surface area contributed by atoms with Crippen molar-refractivity contribution < 1.29 is 9.90 Å². The Labute approximate surface area is 158 Å². The van der Waals surface area contributed by atoms with Gasteiger partial charge in [-0.1, -0.05) is 26.0 Å². The number of aliphatic hydroxyl groups is 1. The van der Waals surface area contributed by atoms with Gasteiger partial charge in [0.05, 0.1) is 6.61 Å². The number of amides is 1. The van der Waals surface area contributed by atoms with E-state index < -0.39 is 0 Å². The third-order valence-corrected chi connectivity index (χ3v) is 6.01. The smallest absolute Gasteiger partial charge is 0.253 e. The number of carbonyl (C=O) groups excluding carboxylic acids is 1. The first-order valence-corrected chi connectivity index (χ1v) is 10.3. The highest BCUT2D eigenvalue weighted by Gasteiger charge is 2.40. The van der Waals surface area contributed by atoms with E-state index >= 15 is 0 Å². The van der Waals surface area contributed by atoms with Crippen LogP contribution in [0.4, 0.5) is 0 Å². The molecule has 1 unspecified atom stereocenters. The van der Waals surface area contributed by atoms with Crippen LogP contribution >= 0.6 is 0 Å². The van der Waals surface area contributed by atoms with Gasteiger partial charge in [0.1, 0.15) is 0 Å². The average molecular weight is 359 g/mol. The molecule has 2 saturated heterocycles. The molecule has 0 radical (unpaired) electrons. The molecule has 1 atom stereocenters. The molecule has 2 aliphatic heterocycles. The molecule has 0 aromatic heterocycles. The molecule has 0 spiro atoms. The predicted molar refractivity (Wildman–Crippen MR) is 105 cm³/mol. The number of nitrogens with zero attached hydrogens (tertiary/aromatic N) is 2. The lowest BCUT2D eigenvalue weighted by molar-refractivity contribution is 0.0409. The molecular formula is C22H34N2O2. The van der Waals surface area contributed by atoms with Crippen molar-refractivity contribution in [1.82, 2.24) is 9.80 Å². The maximum absolute atomic E-state index is 12.8. The number of benzene rings is 1.